The molecule has 3 rings (SSSR count). The zero-order chi connectivity index (χ0) is 11.7. The van der Waals surface area contributed by atoms with E-state index in [1.54, 1.807) is 0 Å². The van der Waals surface area contributed by atoms with Crippen molar-refractivity contribution in [3.8, 4) is 5.75 Å². The molecule has 1 aliphatic rings. The molecule has 17 heavy (non-hydrogen) atoms. The lowest BCUT2D eigenvalue weighted by Gasteiger charge is -2.00. The Kier molecular flexibility index (Phi) is 2.48. The summed E-state index contributed by atoms with van der Waals surface area (Å²) in [5.74, 6) is 0.712. The SMILES string of the molecule is COOc1ccc2[nH]c3c(c2c1)C=C=CCC3. The van der Waals surface area contributed by atoms with Crippen molar-refractivity contribution in [2.75, 3.05) is 7.11 Å². The average molecular weight is 227 g/mol. The van der Waals surface area contributed by atoms with Gasteiger partial charge in [-0.1, -0.05) is 0 Å². The van der Waals surface area contributed by atoms with Gasteiger partial charge in [-0.3, -0.25) is 0 Å². The van der Waals surface area contributed by atoms with Gasteiger partial charge in [0.1, 0.15) is 0 Å². The Morgan fingerprint density at radius 1 is 1.35 bits per heavy atom. The van der Waals surface area contributed by atoms with Gasteiger partial charge in [0.05, 0.1) is 7.11 Å². The van der Waals surface area contributed by atoms with Crippen molar-refractivity contribution < 1.29 is 9.78 Å². The van der Waals surface area contributed by atoms with Gasteiger partial charge in [0.15, 0.2) is 5.75 Å². The summed E-state index contributed by atoms with van der Waals surface area (Å²) in [7, 11) is 1.50. The van der Waals surface area contributed by atoms with Crippen LogP contribution in [0.2, 0.25) is 0 Å². The van der Waals surface area contributed by atoms with E-state index in [2.05, 4.69) is 21.7 Å². The zero-order valence-corrected chi connectivity index (χ0v) is 9.62. The summed E-state index contributed by atoms with van der Waals surface area (Å²) >= 11 is 0. The molecule has 0 aliphatic heterocycles. The molecule has 1 aliphatic carbocycles. The minimum Gasteiger partial charge on any atom is -0.358 e. The third-order valence-electron chi connectivity index (χ3n) is 2.96. The predicted octanol–water partition coefficient (Wildman–Crippen LogP) is 3.22. The number of aryl methyl sites for hydroxylation is 1. The maximum atomic E-state index is 5.05. The fraction of sp³-hybridized carbons (Fsp3) is 0.214. The first-order chi connectivity index (χ1) is 8.38. The van der Waals surface area contributed by atoms with Gasteiger partial charge < -0.3 is 9.87 Å². The summed E-state index contributed by atoms with van der Waals surface area (Å²) in [6, 6.07) is 5.88. The maximum absolute atomic E-state index is 5.05. The Morgan fingerprint density at radius 2 is 2.29 bits per heavy atom. The zero-order valence-electron chi connectivity index (χ0n) is 9.62. The van der Waals surface area contributed by atoms with Crippen molar-refractivity contribution in [2.45, 2.75) is 12.8 Å². The van der Waals surface area contributed by atoms with Crippen LogP contribution in [0.25, 0.3) is 17.0 Å². The van der Waals surface area contributed by atoms with E-state index in [1.807, 2.05) is 24.3 Å². The van der Waals surface area contributed by atoms with Crippen molar-refractivity contribution in [1.29, 1.82) is 0 Å². The Morgan fingerprint density at radius 3 is 3.18 bits per heavy atom. The molecule has 0 bridgehead atoms. The molecular weight excluding hydrogens is 214 g/mol. The third-order valence-corrected chi connectivity index (χ3v) is 2.96. The van der Waals surface area contributed by atoms with Gasteiger partial charge in [0.25, 0.3) is 0 Å². The Bertz CT molecular complexity index is 618. The summed E-state index contributed by atoms with van der Waals surface area (Å²) in [6.07, 6.45) is 6.14. The van der Waals surface area contributed by atoms with E-state index in [1.165, 1.54) is 18.4 Å². The van der Waals surface area contributed by atoms with Crippen LogP contribution in [0, 0.1) is 0 Å². The van der Waals surface area contributed by atoms with Gasteiger partial charge in [-0.2, -0.15) is 4.89 Å². The lowest BCUT2D eigenvalue weighted by Crippen LogP contribution is -1.89. The molecule has 1 N–H and O–H groups in total. The summed E-state index contributed by atoms with van der Waals surface area (Å²) in [5.41, 5.74) is 6.78. The van der Waals surface area contributed by atoms with Crippen LogP contribution in [-0.4, -0.2) is 12.1 Å². The molecule has 86 valence electrons. The van der Waals surface area contributed by atoms with Crippen LogP contribution in [0.1, 0.15) is 17.7 Å². The van der Waals surface area contributed by atoms with E-state index in [0.717, 1.165) is 23.7 Å². The second-order valence-corrected chi connectivity index (χ2v) is 4.03. The maximum Gasteiger partial charge on any atom is 0.166 e. The highest BCUT2D eigenvalue weighted by Gasteiger charge is 2.11. The number of hydrogen-bond acceptors (Lipinski definition) is 2. The molecular formula is C14H13NO2. The van der Waals surface area contributed by atoms with Gasteiger partial charge in [0.2, 0.25) is 0 Å². The molecule has 1 heterocycles. The van der Waals surface area contributed by atoms with Crippen LogP contribution in [-0.2, 0) is 11.3 Å². The number of aromatic nitrogens is 1. The van der Waals surface area contributed by atoms with Crippen LogP contribution >= 0.6 is 0 Å². The Labute approximate surface area is 99.3 Å². The number of aromatic amines is 1. The van der Waals surface area contributed by atoms with E-state index in [-0.39, 0.29) is 0 Å². The number of H-pyrrole nitrogens is 1. The number of benzene rings is 1. The van der Waals surface area contributed by atoms with Gasteiger partial charge in [0, 0.05) is 22.2 Å². The Hall–Kier alpha value is -1.96. The standard InChI is InChI=1S/C14H13NO2/c1-16-17-10-7-8-14-12(9-10)11-5-3-2-4-6-13(11)15-14/h2,5,7-9,15H,4,6H2,1H3. The van der Waals surface area contributed by atoms with Crippen LogP contribution in [0.15, 0.2) is 30.0 Å². The quantitative estimate of drug-likeness (QED) is 0.485. The molecule has 0 fully saturated rings. The van der Waals surface area contributed by atoms with Crippen molar-refractivity contribution >= 4 is 17.0 Å². The molecule has 3 heteroatoms. The fourth-order valence-corrected chi connectivity index (χ4v) is 2.20. The minimum absolute atomic E-state index is 0.712. The molecule has 0 atom stereocenters. The molecule has 0 saturated carbocycles. The Balaban J connectivity index is 2.20. The molecule has 1 aromatic carbocycles. The van der Waals surface area contributed by atoms with Crippen LogP contribution in [0.4, 0.5) is 0 Å². The molecule has 0 unspecified atom stereocenters. The first-order valence-corrected chi connectivity index (χ1v) is 5.64. The number of nitrogens with one attached hydrogen (secondary N) is 1. The average Bonchev–Trinajstić information content (AvgIpc) is 2.53. The highest BCUT2D eigenvalue weighted by Crippen LogP contribution is 2.29. The van der Waals surface area contributed by atoms with Gasteiger partial charge in [-0.15, -0.1) is 5.73 Å². The minimum atomic E-state index is 0.712. The van der Waals surface area contributed by atoms with Crippen LogP contribution in [0.3, 0.4) is 0 Å². The monoisotopic (exact) mass is 227 g/mol. The highest BCUT2D eigenvalue weighted by molar-refractivity contribution is 5.91. The second kappa shape index (κ2) is 4.13. The highest BCUT2D eigenvalue weighted by atomic mass is 17.2. The van der Waals surface area contributed by atoms with E-state index < -0.39 is 0 Å². The number of fused-ring (bicyclic) bond motifs is 3. The molecule has 1 aromatic heterocycles. The fourth-order valence-electron chi connectivity index (χ4n) is 2.20. The third kappa shape index (κ3) is 1.76. The largest absolute Gasteiger partial charge is 0.358 e. The van der Waals surface area contributed by atoms with Crippen LogP contribution < -0.4 is 4.89 Å². The summed E-state index contributed by atoms with van der Waals surface area (Å²) in [5, 5.41) is 1.15. The van der Waals surface area contributed by atoms with E-state index >= 15 is 0 Å². The molecule has 0 radical (unpaired) electrons. The normalized spacial score (nSPS) is 13.7. The van der Waals surface area contributed by atoms with E-state index in [0.29, 0.717) is 5.75 Å². The second-order valence-electron chi connectivity index (χ2n) is 4.03. The van der Waals surface area contributed by atoms with Crippen molar-refractivity contribution in [3.05, 3.63) is 41.3 Å². The lowest BCUT2D eigenvalue weighted by molar-refractivity contribution is -0.178. The van der Waals surface area contributed by atoms with Gasteiger partial charge in [-0.05, 0) is 43.2 Å². The molecule has 3 nitrogen and oxygen atoms in total. The first-order valence-electron chi connectivity index (χ1n) is 5.64. The number of allylic oxidation sites excluding steroid dienone is 1. The molecule has 0 saturated heterocycles. The van der Waals surface area contributed by atoms with Crippen molar-refractivity contribution in [2.24, 2.45) is 0 Å². The van der Waals surface area contributed by atoms with E-state index in [4.69, 9.17) is 4.89 Å². The van der Waals surface area contributed by atoms with E-state index in [9.17, 15) is 0 Å². The number of hydrogen-bond donors (Lipinski definition) is 1. The summed E-state index contributed by atoms with van der Waals surface area (Å²) in [6.45, 7) is 0. The summed E-state index contributed by atoms with van der Waals surface area (Å²) in [4.78, 5) is 13.2. The topological polar surface area (TPSA) is 34.2 Å². The first kappa shape index (κ1) is 10.2. The molecule has 0 spiro atoms. The van der Waals surface area contributed by atoms with Gasteiger partial charge >= 0.3 is 0 Å². The van der Waals surface area contributed by atoms with Crippen molar-refractivity contribution in [3.63, 3.8) is 0 Å². The van der Waals surface area contributed by atoms with Crippen molar-refractivity contribution in [1.82, 2.24) is 4.98 Å². The molecule has 2 aromatic rings. The van der Waals surface area contributed by atoms with Gasteiger partial charge in [-0.25, -0.2) is 0 Å². The summed E-state index contributed by atoms with van der Waals surface area (Å²) < 4.78 is 0. The smallest absolute Gasteiger partial charge is 0.166 e. The predicted molar refractivity (Wildman–Crippen MR) is 66.8 cm³/mol. The number of rotatable bonds is 2. The van der Waals surface area contributed by atoms with Crippen LogP contribution in [0.5, 0.6) is 5.75 Å². The molecule has 0 amide bonds. The lowest BCUT2D eigenvalue weighted by atomic mass is 10.1.